The summed E-state index contributed by atoms with van der Waals surface area (Å²) in [6.07, 6.45) is 12.6. The molecule has 0 saturated carbocycles. The molecule has 0 N–H and O–H groups in total. The van der Waals surface area contributed by atoms with E-state index in [2.05, 4.69) is 44.2 Å². The normalized spacial score (nSPS) is 17.8. The zero-order valence-electron chi connectivity index (χ0n) is 24.0. The fraction of sp³-hybridized carbons (Fsp3) is 0.531. The molecule has 0 radical (unpaired) electrons. The van der Waals surface area contributed by atoms with E-state index in [1.165, 1.54) is 6.42 Å². The maximum atomic E-state index is 13.1. The van der Waals surface area contributed by atoms with Gasteiger partial charge in [-0.15, -0.1) is 0 Å². The lowest BCUT2D eigenvalue weighted by Gasteiger charge is -2.39. The average Bonchev–Trinajstić information content (AvgIpc) is 3.45. The first-order valence-corrected chi connectivity index (χ1v) is 14.9. The zero-order valence-corrected chi connectivity index (χ0v) is 24.0. The number of benzene rings is 1. The van der Waals surface area contributed by atoms with E-state index in [4.69, 9.17) is 9.47 Å². The van der Waals surface area contributed by atoms with Gasteiger partial charge in [0.05, 0.1) is 6.61 Å². The van der Waals surface area contributed by atoms with Gasteiger partial charge in [0, 0.05) is 68.7 Å². The van der Waals surface area contributed by atoms with Crippen LogP contribution in [0.25, 0.3) is 0 Å². The fourth-order valence-electron chi connectivity index (χ4n) is 5.82. The number of aryl methyl sites for hydroxylation is 1. The number of imidazole rings is 1. The molecular formula is C32H43N5O3. The van der Waals surface area contributed by atoms with Crippen molar-refractivity contribution in [3.05, 3.63) is 66.4 Å². The number of aromatic nitrogens is 3. The number of likely N-dealkylation sites (tertiary alicyclic amines) is 1. The summed E-state index contributed by atoms with van der Waals surface area (Å²) < 4.78 is 14.5. The molecular weight excluding hydrogens is 502 g/mol. The molecule has 4 heterocycles. The molecule has 1 aromatic carbocycles. The lowest BCUT2D eigenvalue weighted by Crippen LogP contribution is -2.47. The van der Waals surface area contributed by atoms with Crippen LogP contribution in [0.4, 0.5) is 0 Å². The lowest BCUT2D eigenvalue weighted by molar-refractivity contribution is -0.133. The van der Waals surface area contributed by atoms with Gasteiger partial charge in [-0.05, 0) is 50.4 Å². The molecule has 0 atom stereocenters. The summed E-state index contributed by atoms with van der Waals surface area (Å²) in [6.45, 7) is 9.08. The van der Waals surface area contributed by atoms with E-state index >= 15 is 0 Å². The number of hydrogen-bond acceptors (Lipinski definition) is 6. The summed E-state index contributed by atoms with van der Waals surface area (Å²) in [5.74, 6) is 3.74. The summed E-state index contributed by atoms with van der Waals surface area (Å²) in [4.78, 5) is 26.8. The highest BCUT2D eigenvalue weighted by Crippen LogP contribution is 2.33. The number of carbonyl (C=O) groups excluding carboxylic acids is 1. The van der Waals surface area contributed by atoms with Gasteiger partial charge < -0.3 is 18.9 Å². The van der Waals surface area contributed by atoms with Crippen molar-refractivity contribution in [1.82, 2.24) is 24.3 Å². The Hall–Kier alpha value is -3.39. The van der Waals surface area contributed by atoms with E-state index in [0.717, 1.165) is 75.4 Å². The van der Waals surface area contributed by atoms with E-state index in [9.17, 15) is 4.79 Å². The van der Waals surface area contributed by atoms with E-state index < -0.39 is 0 Å². The molecule has 1 saturated heterocycles. The van der Waals surface area contributed by atoms with Crippen LogP contribution in [-0.2, 0) is 17.9 Å². The van der Waals surface area contributed by atoms with Crippen molar-refractivity contribution < 1.29 is 14.3 Å². The van der Waals surface area contributed by atoms with Crippen LogP contribution in [0.3, 0.4) is 0 Å². The smallest absolute Gasteiger partial charge is 0.224 e. The first-order valence-electron chi connectivity index (χ1n) is 14.9. The SMILES string of the molecule is CC(C)c1nccn1CCC(=O)N1CCC(N2CCCCCCOc3ccccc3Oc3ncccc3C2)CC1. The van der Waals surface area contributed by atoms with E-state index in [-0.39, 0.29) is 5.91 Å². The maximum Gasteiger partial charge on any atom is 0.224 e. The number of pyridine rings is 1. The third-order valence-corrected chi connectivity index (χ3v) is 8.04. The van der Waals surface area contributed by atoms with Crippen molar-refractivity contribution >= 4 is 5.91 Å². The van der Waals surface area contributed by atoms with Crippen LogP contribution >= 0.6 is 0 Å². The van der Waals surface area contributed by atoms with Gasteiger partial charge in [0.1, 0.15) is 5.82 Å². The van der Waals surface area contributed by atoms with Gasteiger partial charge in [-0.3, -0.25) is 9.69 Å². The van der Waals surface area contributed by atoms with Crippen LogP contribution < -0.4 is 9.47 Å². The molecule has 8 nitrogen and oxygen atoms in total. The van der Waals surface area contributed by atoms with E-state index in [1.807, 2.05) is 42.7 Å². The van der Waals surface area contributed by atoms with E-state index in [1.54, 1.807) is 6.20 Å². The Bertz CT molecular complexity index is 1230. The Morgan fingerprint density at radius 1 is 0.950 bits per heavy atom. The Balaban J connectivity index is 1.23. The largest absolute Gasteiger partial charge is 0.490 e. The number of nitrogens with zero attached hydrogens (tertiary/aromatic N) is 5. The van der Waals surface area contributed by atoms with Gasteiger partial charge in [0.25, 0.3) is 0 Å². The third-order valence-electron chi connectivity index (χ3n) is 8.04. The average molecular weight is 546 g/mol. The molecule has 2 aliphatic rings. The minimum atomic E-state index is 0.242. The number of ether oxygens (including phenoxy) is 2. The predicted molar refractivity (Wildman–Crippen MR) is 156 cm³/mol. The molecule has 1 fully saturated rings. The third kappa shape index (κ3) is 7.22. The monoisotopic (exact) mass is 545 g/mol. The number of fused-ring (bicyclic) bond motifs is 2. The zero-order chi connectivity index (χ0) is 27.7. The number of amides is 1. The Morgan fingerprint density at radius 3 is 2.58 bits per heavy atom. The number of carbonyl (C=O) groups is 1. The van der Waals surface area contributed by atoms with Gasteiger partial charge >= 0.3 is 0 Å². The van der Waals surface area contributed by atoms with Crippen molar-refractivity contribution in [3.8, 4) is 17.4 Å². The Kier molecular flexibility index (Phi) is 9.71. The molecule has 1 amide bonds. The van der Waals surface area contributed by atoms with Crippen LogP contribution in [0.1, 0.15) is 76.1 Å². The molecule has 0 spiro atoms. The van der Waals surface area contributed by atoms with Crippen LogP contribution in [0.2, 0.25) is 0 Å². The highest BCUT2D eigenvalue weighted by atomic mass is 16.5. The number of rotatable bonds is 5. The summed E-state index contributed by atoms with van der Waals surface area (Å²) in [6, 6.07) is 12.4. The summed E-state index contributed by atoms with van der Waals surface area (Å²) in [5.41, 5.74) is 1.08. The standard InChI is InChI=1S/C32H43N5O3/c1-25(2)31-33-17-22-36(31)21-15-30(38)35-19-13-27(14-20-35)37-18-7-3-4-8-23-39-28-11-5-6-12-29(28)40-32-26(24-37)10-9-16-34-32/h5-6,9-12,16-17,22,25,27H,3-4,7-8,13-15,18-21,23-24H2,1-2H3. The molecule has 8 heteroatoms. The Morgan fingerprint density at radius 2 is 1.75 bits per heavy atom. The quantitative estimate of drug-likeness (QED) is 0.390. The van der Waals surface area contributed by atoms with Crippen molar-refractivity contribution in [2.75, 3.05) is 26.2 Å². The predicted octanol–water partition coefficient (Wildman–Crippen LogP) is 6.03. The van der Waals surface area contributed by atoms with Crippen LogP contribution in [0, 0.1) is 0 Å². The molecule has 2 aromatic heterocycles. The minimum Gasteiger partial charge on any atom is -0.490 e. The molecule has 2 aliphatic heterocycles. The minimum absolute atomic E-state index is 0.242. The number of para-hydroxylation sites is 2. The summed E-state index contributed by atoms with van der Waals surface area (Å²) >= 11 is 0. The second-order valence-corrected chi connectivity index (χ2v) is 11.2. The van der Waals surface area contributed by atoms with Crippen molar-refractivity contribution in [2.24, 2.45) is 0 Å². The van der Waals surface area contributed by atoms with Gasteiger partial charge in [0.15, 0.2) is 11.5 Å². The van der Waals surface area contributed by atoms with Crippen LogP contribution in [-0.4, -0.2) is 62.5 Å². The first-order chi connectivity index (χ1) is 19.6. The number of hydrogen-bond donors (Lipinski definition) is 0. The van der Waals surface area contributed by atoms with Gasteiger partial charge in [-0.1, -0.05) is 44.9 Å². The van der Waals surface area contributed by atoms with E-state index in [0.29, 0.717) is 43.2 Å². The summed E-state index contributed by atoms with van der Waals surface area (Å²) in [5, 5.41) is 0. The van der Waals surface area contributed by atoms with Crippen LogP contribution in [0.15, 0.2) is 55.0 Å². The van der Waals surface area contributed by atoms with Crippen molar-refractivity contribution in [1.29, 1.82) is 0 Å². The highest BCUT2D eigenvalue weighted by molar-refractivity contribution is 5.76. The second-order valence-electron chi connectivity index (χ2n) is 11.2. The molecule has 40 heavy (non-hydrogen) atoms. The first kappa shape index (κ1) is 28.1. The van der Waals surface area contributed by atoms with Crippen LogP contribution in [0.5, 0.6) is 17.4 Å². The van der Waals surface area contributed by atoms with Crippen molar-refractivity contribution in [2.45, 2.75) is 83.8 Å². The maximum absolute atomic E-state index is 13.1. The summed E-state index contributed by atoms with van der Waals surface area (Å²) in [7, 11) is 0. The fourth-order valence-corrected chi connectivity index (χ4v) is 5.82. The van der Waals surface area contributed by atoms with Gasteiger partial charge in [0.2, 0.25) is 11.8 Å². The molecule has 5 rings (SSSR count). The molecule has 0 bridgehead atoms. The Labute approximate surface area is 238 Å². The van der Waals surface area contributed by atoms with Gasteiger partial charge in [-0.25, -0.2) is 9.97 Å². The molecule has 3 aromatic rings. The topological polar surface area (TPSA) is 72.7 Å². The number of piperidine rings is 1. The molecule has 214 valence electrons. The molecule has 0 unspecified atom stereocenters. The lowest BCUT2D eigenvalue weighted by atomic mass is 10.0. The van der Waals surface area contributed by atoms with Crippen molar-refractivity contribution in [3.63, 3.8) is 0 Å². The van der Waals surface area contributed by atoms with Gasteiger partial charge in [-0.2, -0.15) is 0 Å². The highest BCUT2D eigenvalue weighted by Gasteiger charge is 2.28. The molecule has 0 aliphatic carbocycles. The second kappa shape index (κ2) is 13.8.